The minimum atomic E-state index is -1.16. The third kappa shape index (κ3) is 4.03. The SMILES string of the molecule is CCN(C(=O)COC(=O)CN1C(=O)N[C@@]2(CCCc3ccccc32)C1=O)c1nc2ccccc2s1. The first-order valence-corrected chi connectivity index (χ1v) is 12.3. The quantitative estimate of drug-likeness (QED) is 0.419. The van der Waals surface area contributed by atoms with E-state index in [1.54, 1.807) is 6.92 Å². The van der Waals surface area contributed by atoms with Crippen LogP contribution in [0.5, 0.6) is 0 Å². The Balaban J connectivity index is 1.24. The number of rotatable bonds is 6. The second-order valence-electron chi connectivity index (χ2n) is 8.50. The summed E-state index contributed by atoms with van der Waals surface area (Å²) >= 11 is 1.37. The van der Waals surface area contributed by atoms with Crippen LogP contribution in [0.15, 0.2) is 48.5 Å². The van der Waals surface area contributed by atoms with Gasteiger partial charge in [-0.3, -0.25) is 24.2 Å². The van der Waals surface area contributed by atoms with E-state index in [-0.39, 0.29) is 0 Å². The molecule has 180 valence electrons. The summed E-state index contributed by atoms with van der Waals surface area (Å²) < 4.78 is 6.11. The monoisotopic (exact) mass is 492 g/mol. The molecular formula is C25H24N4O5S. The number of amides is 4. The fraction of sp³-hybridized carbons (Fsp3) is 0.320. The lowest BCUT2D eigenvalue weighted by Gasteiger charge is -2.33. The molecule has 1 N–H and O–H groups in total. The van der Waals surface area contributed by atoms with E-state index in [9.17, 15) is 19.2 Å². The van der Waals surface area contributed by atoms with E-state index in [4.69, 9.17) is 4.74 Å². The molecule has 1 fully saturated rings. The van der Waals surface area contributed by atoms with Crippen molar-refractivity contribution in [3.05, 3.63) is 59.7 Å². The van der Waals surface area contributed by atoms with Gasteiger partial charge in [0, 0.05) is 6.54 Å². The van der Waals surface area contributed by atoms with Crippen molar-refractivity contribution >= 4 is 50.5 Å². The number of hydrogen-bond acceptors (Lipinski definition) is 7. The number of aromatic nitrogens is 1. The summed E-state index contributed by atoms with van der Waals surface area (Å²) in [5.41, 5.74) is 1.41. The number of thiazole rings is 1. The molecule has 35 heavy (non-hydrogen) atoms. The second kappa shape index (κ2) is 9.10. The van der Waals surface area contributed by atoms with Crippen molar-refractivity contribution in [2.75, 3.05) is 24.6 Å². The lowest BCUT2D eigenvalue weighted by molar-refractivity contribution is -0.150. The maximum Gasteiger partial charge on any atom is 0.326 e. The van der Waals surface area contributed by atoms with Crippen molar-refractivity contribution in [2.45, 2.75) is 31.7 Å². The summed E-state index contributed by atoms with van der Waals surface area (Å²) in [4.78, 5) is 58.1. The van der Waals surface area contributed by atoms with E-state index in [1.807, 2.05) is 48.5 Å². The molecule has 2 aliphatic rings. The predicted molar refractivity (Wildman–Crippen MR) is 130 cm³/mol. The van der Waals surface area contributed by atoms with Crippen molar-refractivity contribution in [3.63, 3.8) is 0 Å². The van der Waals surface area contributed by atoms with Crippen LogP contribution < -0.4 is 10.2 Å². The Morgan fingerprint density at radius 3 is 2.74 bits per heavy atom. The molecule has 3 aromatic rings. The van der Waals surface area contributed by atoms with Crippen molar-refractivity contribution in [1.29, 1.82) is 0 Å². The number of likely N-dealkylation sites (N-methyl/N-ethyl adjacent to an activating group) is 1. The van der Waals surface area contributed by atoms with E-state index >= 15 is 0 Å². The first-order valence-electron chi connectivity index (χ1n) is 11.5. The van der Waals surface area contributed by atoms with Gasteiger partial charge in [-0.2, -0.15) is 0 Å². The smallest absolute Gasteiger partial charge is 0.326 e. The highest BCUT2D eigenvalue weighted by molar-refractivity contribution is 7.22. The minimum absolute atomic E-state index is 0.352. The van der Waals surface area contributed by atoms with Gasteiger partial charge in [-0.1, -0.05) is 47.7 Å². The molecule has 1 aromatic heterocycles. The molecule has 2 aromatic carbocycles. The van der Waals surface area contributed by atoms with E-state index in [1.165, 1.54) is 16.2 Å². The summed E-state index contributed by atoms with van der Waals surface area (Å²) in [6, 6.07) is 14.4. The van der Waals surface area contributed by atoms with Gasteiger partial charge in [-0.15, -0.1) is 0 Å². The number of imide groups is 1. The summed E-state index contributed by atoms with van der Waals surface area (Å²) in [5.74, 6) is -1.74. The molecule has 0 bridgehead atoms. The van der Waals surface area contributed by atoms with Crippen LogP contribution in [0.2, 0.25) is 0 Å². The zero-order chi connectivity index (χ0) is 24.6. The van der Waals surface area contributed by atoms with Crippen LogP contribution in [-0.2, 0) is 31.1 Å². The molecule has 0 saturated carbocycles. The molecule has 0 unspecified atom stereocenters. The van der Waals surface area contributed by atoms with E-state index in [0.29, 0.717) is 18.1 Å². The number of carbonyl (C=O) groups excluding carboxylic acids is 4. The van der Waals surface area contributed by atoms with Gasteiger partial charge in [0.2, 0.25) is 0 Å². The lowest BCUT2D eigenvalue weighted by Crippen LogP contribution is -2.47. The van der Waals surface area contributed by atoms with Crippen LogP contribution >= 0.6 is 11.3 Å². The molecule has 4 amide bonds. The normalized spacial score (nSPS) is 19.1. The van der Waals surface area contributed by atoms with Gasteiger partial charge in [0.05, 0.1) is 10.2 Å². The highest BCUT2D eigenvalue weighted by Gasteiger charge is 2.54. The Morgan fingerprint density at radius 2 is 1.94 bits per heavy atom. The van der Waals surface area contributed by atoms with Gasteiger partial charge >= 0.3 is 12.0 Å². The fourth-order valence-electron chi connectivity index (χ4n) is 4.74. The maximum absolute atomic E-state index is 13.3. The third-order valence-electron chi connectivity index (χ3n) is 6.43. The Kier molecular flexibility index (Phi) is 5.98. The van der Waals surface area contributed by atoms with Crippen LogP contribution in [0.3, 0.4) is 0 Å². The number of benzene rings is 2. The highest BCUT2D eigenvalue weighted by Crippen LogP contribution is 2.39. The van der Waals surface area contributed by atoms with Crippen molar-refractivity contribution in [3.8, 4) is 0 Å². The number of para-hydroxylation sites is 1. The number of hydrogen-bond donors (Lipinski definition) is 1. The molecule has 1 spiro atoms. The Bertz CT molecular complexity index is 1310. The number of carbonyl (C=O) groups is 4. The minimum Gasteiger partial charge on any atom is -0.454 e. The largest absolute Gasteiger partial charge is 0.454 e. The summed E-state index contributed by atoms with van der Waals surface area (Å²) in [7, 11) is 0. The fourth-order valence-corrected chi connectivity index (χ4v) is 5.79. The molecule has 10 heteroatoms. The number of nitrogens with one attached hydrogen (secondary N) is 1. The van der Waals surface area contributed by atoms with Crippen molar-refractivity contribution < 1.29 is 23.9 Å². The number of ether oxygens (including phenoxy) is 1. The van der Waals surface area contributed by atoms with E-state index < -0.39 is 42.5 Å². The molecule has 5 rings (SSSR count). The first-order chi connectivity index (χ1) is 16.9. The predicted octanol–water partition coefficient (Wildman–Crippen LogP) is 2.98. The van der Waals surface area contributed by atoms with Gasteiger partial charge in [-0.25, -0.2) is 9.78 Å². The molecule has 0 radical (unpaired) electrons. The Hall–Kier alpha value is -3.79. The summed E-state index contributed by atoms with van der Waals surface area (Å²) in [6.07, 6.45) is 2.04. The molecule has 9 nitrogen and oxygen atoms in total. The summed E-state index contributed by atoms with van der Waals surface area (Å²) in [5, 5.41) is 3.32. The number of fused-ring (bicyclic) bond motifs is 3. The number of anilines is 1. The van der Waals surface area contributed by atoms with E-state index in [0.717, 1.165) is 39.1 Å². The molecule has 1 aliphatic carbocycles. The average Bonchev–Trinajstić information content (AvgIpc) is 3.38. The van der Waals surface area contributed by atoms with Crippen molar-refractivity contribution in [2.24, 2.45) is 0 Å². The second-order valence-corrected chi connectivity index (χ2v) is 9.51. The van der Waals surface area contributed by atoms with E-state index in [2.05, 4.69) is 10.3 Å². The standard InChI is InChI=1S/C25H24N4O5S/c1-2-28(24-26-18-11-5-6-12-19(18)35-24)20(30)15-34-21(31)14-29-22(32)25(27-23(29)33)13-7-9-16-8-3-4-10-17(16)25/h3-6,8,10-12H,2,7,9,13-15H2,1H3,(H,27,33)/t25-/m1/s1. The van der Waals surface area contributed by atoms with Crippen LogP contribution in [0.1, 0.15) is 30.9 Å². The molecule has 1 atom stereocenters. The van der Waals surface area contributed by atoms with Crippen LogP contribution in [0.4, 0.5) is 9.93 Å². The zero-order valence-electron chi connectivity index (χ0n) is 19.2. The number of nitrogens with zero attached hydrogens (tertiary/aromatic N) is 3. The molecule has 1 saturated heterocycles. The number of aryl methyl sites for hydroxylation is 1. The zero-order valence-corrected chi connectivity index (χ0v) is 20.0. The van der Waals surface area contributed by atoms with Gasteiger partial charge < -0.3 is 10.1 Å². The maximum atomic E-state index is 13.3. The first kappa shape index (κ1) is 23.0. The van der Waals surface area contributed by atoms with Crippen LogP contribution in [0, 0.1) is 0 Å². The van der Waals surface area contributed by atoms with Crippen molar-refractivity contribution in [1.82, 2.24) is 15.2 Å². The van der Waals surface area contributed by atoms with Crippen LogP contribution in [-0.4, -0.2) is 53.4 Å². The topological polar surface area (TPSA) is 109 Å². The van der Waals surface area contributed by atoms with Crippen LogP contribution in [0.25, 0.3) is 10.2 Å². The number of urea groups is 1. The summed E-state index contributed by atoms with van der Waals surface area (Å²) in [6.45, 7) is 1.08. The molecule has 1 aliphatic heterocycles. The Morgan fingerprint density at radius 1 is 1.17 bits per heavy atom. The molecular weight excluding hydrogens is 468 g/mol. The molecule has 2 heterocycles. The average molecular weight is 493 g/mol. The van der Waals surface area contributed by atoms with Gasteiger partial charge in [0.1, 0.15) is 12.1 Å². The highest BCUT2D eigenvalue weighted by atomic mass is 32.1. The third-order valence-corrected chi connectivity index (χ3v) is 7.48. The Labute approximate surface area is 205 Å². The van der Waals surface area contributed by atoms with Gasteiger partial charge in [-0.05, 0) is 49.4 Å². The lowest BCUT2D eigenvalue weighted by atomic mass is 9.76. The van der Waals surface area contributed by atoms with Gasteiger partial charge in [0.25, 0.3) is 11.8 Å². The number of esters is 1. The van der Waals surface area contributed by atoms with Gasteiger partial charge in [0.15, 0.2) is 11.7 Å².